The summed E-state index contributed by atoms with van der Waals surface area (Å²) in [5, 5.41) is 6.27. The van der Waals surface area contributed by atoms with Crippen LogP contribution in [0.1, 0.15) is 68.7 Å². The van der Waals surface area contributed by atoms with Gasteiger partial charge in [0.2, 0.25) is 0 Å². The van der Waals surface area contributed by atoms with Crippen LogP contribution >= 0.6 is 0 Å². The standard InChI is InChI=1S/C28H27N3O3/c1-18-11-14-20(15-12-18)29-24-9-5-6-10-25(24)30-26(32)19-13-16-22-23(17-19)28(34)31(27(22)33)21-7-3-2-4-8-21/h5-6,9-17,21,29H,2-4,7-8H2,1H3,(H,30,32). The predicted molar refractivity (Wildman–Crippen MR) is 133 cm³/mol. The van der Waals surface area contributed by atoms with E-state index < -0.39 is 0 Å². The number of anilines is 3. The van der Waals surface area contributed by atoms with Gasteiger partial charge in [0.1, 0.15) is 0 Å². The minimum Gasteiger partial charge on any atom is -0.354 e. The molecule has 6 nitrogen and oxygen atoms in total. The lowest BCUT2D eigenvalue weighted by Gasteiger charge is -2.29. The van der Waals surface area contributed by atoms with E-state index in [-0.39, 0.29) is 23.8 Å². The van der Waals surface area contributed by atoms with Gasteiger partial charge in [-0.3, -0.25) is 19.3 Å². The summed E-state index contributed by atoms with van der Waals surface area (Å²) in [6.07, 6.45) is 4.90. The third-order valence-corrected chi connectivity index (χ3v) is 6.63. The lowest BCUT2D eigenvalue weighted by molar-refractivity contribution is 0.0549. The van der Waals surface area contributed by atoms with Gasteiger partial charge in [-0.1, -0.05) is 49.1 Å². The molecule has 172 valence electrons. The molecule has 3 aromatic carbocycles. The third kappa shape index (κ3) is 4.19. The van der Waals surface area contributed by atoms with Crippen LogP contribution in [0.2, 0.25) is 0 Å². The lowest BCUT2D eigenvalue weighted by Crippen LogP contribution is -2.40. The highest BCUT2D eigenvalue weighted by atomic mass is 16.2. The number of nitrogens with one attached hydrogen (secondary N) is 2. The number of carbonyl (C=O) groups excluding carboxylic acids is 3. The van der Waals surface area contributed by atoms with E-state index in [0.717, 1.165) is 43.5 Å². The van der Waals surface area contributed by atoms with Gasteiger partial charge in [-0.2, -0.15) is 0 Å². The first-order valence-corrected chi connectivity index (χ1v) is 11.8. The van der Waals surface area contributed by atoms with Crippen LogP contribution in [0.25, 0.3) is 0 Å². The fourth-order valence-corrected chi connectivity index (χ4v) is 4.76. The molecule has 2 aliphatic rings. The Morgan fingerprint density at radius 1 is 0.824 bits per heavy atom. The smallest absolute Gasteiger partial charge is 0.261 e. The molecule has 0 radical (unpaired) electrons. The Bertz CT molecular complexity index is 1260. The summed E-state index contributed by atoms with van der Waals surface area (Å²) in [4.78, 5) is 40.5. The monoisotopic (exact) mass is 453 g/mol. The zero-order chi connectivity index (χ0) is 23.7. The summed E-state index contributed by atoms with van der Waals surface area (Å²) < 4.78 is 0. The Kier molecular flexibility index (Phi) is 5.88. The van der Waals surface area contributed by atoms with Crippen LogP contribution in [0.5, 0.6) is 0 Å². The second-order valence-corrected chi connectivity index (χ2v) is 9.02. The third-order valence-electron chi connectivity index (χ3n) is 6.63. The summed E-state index contributed by atoms with van der Waals surface area (Å²) in [5.41, 5.74) is 4.50. The second kappa shape index (κ2) is 9.14. The van der Waals surface area contributed by atoms with Gasteiger partial charge < -0.3 is 10.6 Å². The lowest BCUT2D eigenvalue weighted by atomic mass is 9.94. The number of amides is 3. The Hall–Kier alpha value is -3.93. The fraction of sp³-hybridized carbons (Fsp3) is 0.250. The minimum atomic E-state index is -0.336. The number of fused-ring (bicyclic) bond motifs is 1. The molecule has 1 saturated carbocycles. The van der Waals surface area contributed by atoms with Crippen molar-refractivity contribution in [2.45, 2.75) is 45.1 Å². The Morgan fingerprint density at radius 3 is 2.24 bits per heavy atom. The molecular weight excluding hydrogens is 426 g/mol. The first kappa shape index (κ1) is 21.9. The highest BCUT2D eigenvalue weighted by Gasteiger charge is 2.40. The number of para-hydroxylation sites is 2. The molecule has 1 fully saturated rings. The summed E-state index contributed by atoms with van der Waals surface area (Å²) in [7, 11) is 0. The average Bonchev–Trinajstić information content (AvgIpc) is 3.11. The van der Waals surface area contributed by atoms with Crippen molar-refractivity contribution in [3.05, 3.63) is 89.0 Å². The molecule has 0 aromatic heterocycles. The van der Waals surface area contributed by atoms with Crippen molar-refractivity contribution >= 4 is 34.8 Å². The van der Waals surface area contributed by atoms with Gasteiger partial charge in [0.15, 0.2) is 0 Å². The maximum atomic E-state index is 13.1. The molecule has 0 saturated heterocycles. The highest BCUT2D eigenvalue weighted by Crippen LogP contribution is 2.32. The molecule has 3 aromatic rings. The van der Waals surface area contributed by atoms with Gasteiger partial charge in [-0.05, 0) is 62.2 Å². The van der Waals surface area contributed by atoms with Crippen molar-refractivity contribution in [1.29, 1.82) is 0 Å². The molecule has 0 spiro atoms. The van der Waals surface area contributed by atoms with Crippen LogP contribution in [0.15, 0.2) is 66.7 Å². The first-order chi connectivity index (χ1) is 16.5. The zero-order valence-electron chi connectivity index (χ0n) is 19.1. The van der Waals surface area contributed by atoms with Crippen LogP contribution in [0.4, 0.5) is 17.1 Å². The Morgan fingerprint density at radius 2 is 1.50 bits per heavy atom. The van der Waals surface area contributed by atoms with E-state index in [1.807, 2.05) is 55.5 Å². The normalized spacial score (nSPS) is 15.9. The van der Waals surface area contributed by atoms with Crippen molar-refractivity contribution in [2.75, 3.05) is 10.6 Å². The number of aryl methyl sites for hydroxylation is 1. The van der Waals surface area contributed by atoms with Crippen LogP contribution in [0.3, 0.4) is 0 Å². The Labute approximate surface area is 199 Å². The van der Waals surface area contributed by atoms with Gasteiger partial charge in [-0.25, -0.2) is 0 Å². The number of hydrogen-bond donors (Lipinski definition) is 2. The summed E-state index contributed by atoms with van der Waals surface area (Å²) in [6, 6.07) is 20.2. The summed E-state index contributed by atoms with van der Waals surface area (Å²) in [5.74, 6) is -0.869. The molecule has 1 aliphatic carbocycles. The molecule has 0 unspecified atom stereocenters. The molecule has 2 N–H and O–H groups in total. The number of benzene rings is 3. The number of rotatable bonds is 5. The molecule has 34 heavy (non-hydrogen) atoms. The maximum absolute atomic E-state index is 13.1. The highest BCUT2D eigenvalue weighted by molar-refractivity contribution is 6.22. The first-order valence-electron chi connectivity index (χ1n) is 11.8. The average molecular weight is 454 g/mol. The van der Waals surface area contributed by atoms with E-state index in [2.05, 4.69) is 10.6 Å². The number of imide groups is 1. The second-order valence-electron chi connectivity index (χ2n) is 9.02. The van der Waals surface area contributed by atoms with Gasteiger partial charge in [0, 0.05) is 17.3 Å². The molecule has 0 bridgehead atoms. The predicted octanol–water partition coefficient (Wildman–Crippen LogP) is 5.92. The van der Waals surface area contributed by atoms with E-state index in [9.17, 15) is 14.4 Å². The molecule has 0 atom stereocenters. The van der Waals surface area contributed by atoms with E-state index >= 15 is 0 Å². The van der Waals surface area contributed by atoms with Gasteiger partial charge >= 0.3 is 0 Å². The van der Waals surface area contributed by atoms with Crippen molar-refractivity contribution in [3.63, 3.8) is 0 Å². The van der Waals surface area contributed by atoms with E-state index in [1.54, 1.807) is 18.2 Å². The topological polar surface area (TPSA) is 78.5 Å². The molecule has 5 rings (SSSR count). The maximum Gasteiger partial charge on any atom is 0.261 e. The van der Waals surface area contributed by atoms with E-state index in [1.165, 1.54) is 10.5 Å². The largest absolute Gasteiger partial charge is 0.354 e. The van der Waals surface area contributed by atoms with Crippen LogP contribution in [-0.2, 0) is 0 Å². The van der Waals surface area contributed by atoms with Crippen molar-refractivity contribution in [3.8, 4) is 0 Å². The summed E-state index contributed by atoms with van der Waals surface area (Å²) in [6.45, 7) is 2.03. The quantitative estimate of drug-likeness (QED) is 0.470. The molecule has 1 aliphatic heterocycles. The van der Waals surface area contributed by atoms with Gasteiger partial charge in [0.25, 0.3) is 17.7 Å². The zero-order valence-corrected chi connectivity index (χ0v) is 19.1. The molecule has 1 heterocycles. The minimum absolute atomic E-state index is 0.0434. The van der Waals surface area contributed by atoms with Crippen molar-refractivity contribution in [2.24, 2.45) is 0 Å². The number of carbonyl (C=O) groups is 3. The fourth-order valence-electron chi connectivity index (χ4n) is 4.76. The number of hydrogen-bond acceptors (Lipinski definition) is 4. The van der Waals surface area contributed by atoms with Crippen LogP contribution in [0, 0.1) is 6.92 Å². The van der Waals surface area contributed by atoms with Crippen LogP contribution < -0.4 is 10.6 Å². The van der Waals surface area contributed by atoms with Gasteiger partial charge in [-0.15, -0.1) is 0 Å². The molecular formula is C28H27N3O3. The summed E-state index contributed by atoms with van der Waals surface area (Å²) >= 11 is 0. The van der Waals surface area contributed by atoms with Crippen LogP contribution in [-0.4, -0.2) is 28.7 Å². The number of nitrogens with zero attached hydrogens (tertiary/aromatic N) is 1. The van der Waals surface area contributed by atoms with E-state index in [0.29, 0.717) is 22.4 Å². The molecule has 3 amide bonds. The van der Waals surface area contributed by atoms with E-state index in [4.69, 9.17) is 0 Å². The SMILES string of the molecule is Cc1ccc(Nc2ccccc2NC(=O)c2ccc3c(c2)C(=O)N(C2CCCCC2)C3=O)cc1. The Balaban J connectivity index is 1.35. The van der Waals surface area contributed by atoms with Gasteiger partial charge in [0.05, 0.1) is 22.5 Å². The molecule has 6 heteroatoms. The van der Waals surface area contributed by atoms with Crippen molar-refractivity contribution in [1.82, 2.24) is 4.90 Å². The van der Waals surface area contributed by atoms with Crippen molar-refractivity contribution < 1.29 is 14.4 Å².